The van der Waals surface area contributed by atoms with Crippen LogP contribution in [0.5, 0.6) is 0 Å². The average Bonchev–Trinajstić information content (AvgIpc) is 1.64. The number of hydrogen-bond donors (Lipinski definition) is 14. The predicted octanol–water partition coefficient (Wildman–Crippen LogP) is 14.2. The van der Waals surface area contributed by atoms with E-state index in [2.05, 4.69) is 114 Å². The quantitative estimate of drug-likeness (QED) is 0.0236. The lowest BCUT2D eigenvalue weighted by atomic mass is 10.0. The highest BCUT2D eigenvalue weighted by Crippen LogP contribution is 2.38. The summed E-state index contributed by atoms with van der Waals surface area (Å²) < 4.78 is 54.9. The summed E-state index contributed by atoms with van der Waals surface area (Å²) in [5.41, 5.74) is 6.59. The monoisotopic (exact) mass is 1540 g/mol. The van der Waals surface area contributed by atoms with Crippen LogP contribution in [0, 0.1) is 19.7 Å². The van der Waals surface area contributed by atoms with Crippen molar-refractivity contribution >= 4 is 116 Å². The van der Waals surface area contributed by atoms with Gasteiger partial charge in [0.1, 0.15) is 58.0 Å². The first-order valence-corrected chi connectivity index (χ1v) is 36.5. The molecule has 113 heavy (non-hydrogen) atoms. The number of carbonyl (C=O) groups excluding carboxylic acids is 6. The van der Waals surface area contributed by atoms with E-state index in [1.54, 1.807) is 100 Å². The molecule has 0 saturated heterocycles. The van der Waals surface area contributed by atoms with Gasteiger partial charge in [-0.05, 0) is 143 Å². The summed E-state index contributed by atoms with van der Waals surface area (Å²) in [5, 5.41) is 40.9. The summed E-state index contributed by atoms with van der Waals surface area (Å²) in [4.78, 5) is 107. The maximum absolute atomic E-state index is 14.7. The highest BCUT2D eigenvalue weighted by molar-refractivity contribution is 6.04. The van der Waals surface area contributed by atoms with Gasteiger partial charge in [0, 0.05) is 139 Å². The number of amides is 6. The van der Waals surface area contributed by atoms with Crippen molar-refractivity contribution in [2.75, 3.05) is 84.3 Å². The molecule has 590 valence electrons. The van der Waals surface area contributed by atoms with E-state index in [0.717, 1.165) is 61.4 Å². The fourth-order valence-electron chi connectivity index (χ4n) is 11.7. The Morgan fingerprint density at radius 1 is 0.442 bits per heavy atom. The van der Waals surface area contributed by atoms with Crippen molar-refractivity contribution in [3.63, 3.8) is 0 Å². The number of hydrogen-bond acceptors (Lipinski definition) is 22. The molecule has 0 spiro atoms. The van der Waals surface area contributed by atoms with E-state index in [1.165, 1.54) is 82.9 Å². The van der Waals surface area contributed by atoms with E-state index >= 15 is 0 Å². The second kappa shape index (κ2) is 39.8. The van der Waals surface area contributed by atoms with Crippen LogP contribution in [0.4, 0.5) is 98.2 Å². The molecule has 2 aliphatic carbocycles. The number of pyridine rings is 8. The number of rotatable bonds is 25. The zero-order valence-electron chi connectivity index (χ0n) is 64.2. The van der Waals surface area contributed by atoms with Crippen LogP contribution >= 0.6 is 0 Å². The molecule has 0 radical (unpaired) electrons. The Bertz CT molecular complexity index is 4920. The Kier molecular flexibility index (Phi) is 29.4. The van der Waals surface area contributed by atoms with Crippen LogP contribution in [0.3, 0.4) is 0 Å². The molecule has 6 amide bonds. The number of benzene rings is 2. The molecule has 2 aliphatic rings. The van der Waals surface area contributed by atoms with Gasteiger partial charge < -0.3 is 74.4 Å². The number of nitrogens with zero attached hydrogens (tertiary/aromatic N) is 8. The average molecular weight is 1550 g/mol. The van der Waals surface area contributed by atoms with Crippen LogP contribution in [-0.4, -0.2) is 135 Å². The Hall–Kier alpha value is -13.4. The third kappa shape index (κ3) is 24.0. The van der Waals surface area contributed by atoms with E-state index in [-0.39, 0.29) is 52.4 Å². The maximum Gasteiger partial charge on any atom is 0.270 e. The molecule has 2 fully saturated rings. The van der Waals surface area contributed by atoms with Crippen LogP contribution in [0.1, 0.15) is 151 Å². The smallest absolute Gasteiger partial charge is 0.270 e. The van der Waals surface area contributed by atoms with E-state index < -0.39 is 23.5 Å². The van der Waals surface area contributed by atoms with Crippen LogP contribution in [0.15, 0.2) is 171 Å². The molecule has 2 aromatic carbocycles. The number of aromatic nitrogens is 8. The number of aryl methyl sites for hydroxylation is 2. The topological polar surface area (TPSA) is 374 Å². The minimum atomic E-state index is -3.00. The molecule has 14 N–H and O–H groups in total. The van der Waals surface area contributed by atoms with E-state index in [4.69, 9.17) is 0 Å². The van der Waals surface area contributed by atoms with Crippen molar-refractivity contribution in [3.05, 3.63) is 227 Å². The first-order chi connectivity index (χ1) is 54.3. The number of anilines is 14. The lowest BCUT2D eigenvalue weighted by Crippen LogP contribution is -2.36. The highest BCUT2D eigenvalue weighted by atomic mass is 19.3. The molecule has 0 bridgehead atoms. The summed E-state index contributed by atoms with van der Waals surface area (Å²) in [5.74, 6) is -1.07. The summed E-state index contributed by atoms with van der Waals surface area (Å²) >= 11 is 0. The van der Waals surface area contributed by atoms with Crippen LogP contribution < -0.4 is 74.4 Å². The van der Waals surface area contributed by atoms with Gasteiger partial charge in [0.05, 0.1) is 68.5 Å². The zero-order valence-corrected chi connectivity index (χ0v) is 64.2. The van der Waals surface area contributed by atoms with E-state index in [9.17, 15) is 46.3 Å². The summed E-state index contributed by atoms with van der Waals surface area (Å²) in [6.07, 6.45) is 19.2. The van der Waals surface area contributed by atoms with Crippen molar-refractivity contribution in [2.45, 2.75) is 110 Å². The van der Waals surface area contributed by atoms with Gasteiger partial charge in [-0.1, -0.05) is 44.0 Å². The molecular weight excluding hydrogens is 1450 g/mol. The lowest BCUT2D eigenvalue weighted by Gasteiger charge is -2.26. The van der Waals surface area contributed by atoms with Crippen molar-refractivity contribution in [3.8, 4) is 0 Å². The Morgan fingerprint density at radius 3 is 1.33 bits per heavy atom. The van der Waals surface area contributed by atoms with Crippen molar-refractivity contribution in [2.24, 2.45) is 0 Å². The molecule has 8 aromatic heterocycles. The number of carbonyl (C=O) groups is 6. The first-order valence-electron chi connectivity index (χ1n) is 36.5. The second-order valence-electron chi connectivity index (χ2n) is 26.6. The molecule has 32 heteroatoms. The van der Waals surface area contributed by atoms with Gasteiger partial charge in [0.25, 0.3) is 41.4 Å². The van der Waals surface area contributed by atoms with Gasteiger partial charge in [0.2, 0.25) is 0 Å². The van der Waals surface area contributed by atoms with Crippen molar-refractivity contribution in [1.82, 2.24) is 71.8 Å². The number of para-hydroxylation sites is 1. The third-order valence-electron chi connectivity index (χ3n) is 17.9. The Morgan fingerprint density at radius 2 is 0.876 bits per heavy atom. The largest absolute Gasteiger partial charge is 0.382 e. The minimum absolute atomic E-state index is 0.136. The van der Waals surface area contributed by atoms with E-state index in [1.807, 2.05) is 57.2 Å². The number of alkyl halides is 3. The lowest BCUT2D eigenvalue weighted by molar-refractivity contribution is 0.0174. The SMILES string of the molecule is CCCNC(=O)c1ccc(Nc2cc(Nc3ccc(F)cn3)ncc2C(=O)NC)cc1.CNC(=O)c1ccccc1Nc1cc(Nc2ccc(C)cn2)ncc1C(=O)NC.CNC(=O)c1cnc(Nc2cc(C(C)(F)F)ccn2)cc1NC1CCCC1(C)F.CNC(=O)c1cnc(Nc2ccc(C)cn2)cc1NC1CCCC1. The van der Waals surface area contributed by atoms with Crippen molar-refractivity contribution < 1.29 is 46.3 Å². The van der Waals surface area contributed by atoms with Crippen LogP contribution in [0.2, 0.25) is 0 Å². The summed E-state index contributed by atoms with van der Waals surface area (Å²) in [6, 6.07) is 33.7. The molecular formula is C81H92F4N22O6. The normalized spacial score (nSPS) is 14.1. The van der Waals surface area contributed by atoms with Crippen LogP contribution in [-0.2, 0) is 5.92 Å². The highest BCUT2D eigenvalue weighted by Gasteiger charge is 2.39. The molecule has 28 nitrogen and oxygen atoms in total. The number of halogens is 4. The van der Waals surface area contributed by atoms with E-state index in [0.29, 0.717) is 117 Å². The molecule has 2 unspecified atom stereocenters. The zero-order chi connectivity index (χ0) is 81.2. The molecule has 2 atom stereocenters. The van der Waals surface area contributed by atoms with Gasteiger partial charge in [-0.2, -0.15) is 0 Å². The fourth-order valence-corrected chi connectivity index (χ4v) is 11.7. The maximum atomic E-state index is 14.7. The molecule has 10 aromatic rings. The Labute approximate surface area is 652 Å². The summed E-state index contributed by atoms with van der Waals surface area (Å²) in [7, 11) is 7.77. The van der Waals surface area contributed by atoms with Gasteiger partial charge in [-0.15, -0.1) is 0 Å². The van der Waals surface area contributed by atoms with Crippen molar-refractivity contribution in [1.29, 1.82) is 0 Å². The molecule has 0 aliphatic heterocycles. The molecule has 8 heterocycles. The fraction of sp³-hybridized carbons (Fsp3) is 0.284. The van der Waals surface area contributed by atoms with Gasteiger partial charge >= 0.3 is 0 Å². The minimum Gasteiger partial charge on any atom is -0.382 e. The van der Waals surface area contributed by atoms with Gasteiger partial charge in [-0.3, -0.25) is 28.8 Å². The predicted molar refractivity (Wildman–Crippen MR) is 432 cm³/mol. The second-order valence-corrected chi connectivity index (χ2v) is 26.6. The van der Waals surface area contributed by atoms with Gasteiger partial charge in [-0.25, -0.2) is 57.4 Å². The van der Waals surface area contributed by atoms with Crippen LogP contribution in [0.25, 0.3) is 0 Å². The number of nitrogens with one attached hydrogen (secondary N) is 14. The third-order valence-corrected chi connectivity index (χ3v) is 17.9. The standard InChI is InChI=1S/C22H23FN6O2.C21H22N6O2.C20H24F3N5O.C18H23N5O/c1-3-10-25-21(30)14-4-7-16(8-5-14)28-18-11-20(27-13-17(18)22(31)24-2)29-19-9-6-15(23)12-26-19;1-13-8-9-18(24-11-13)27-19-10-17(15(12-25-19)21(29)23-3)26-16-7-5-4-6-14(16)20(28)22-2;1-19(21)7-4-5-15(19)27-14-10-17(26-11-13(14)18(29)24-3)28-16-9-12(6-8-25-16)20(2,22)23;1-12-7-8-16(20-10-12)23-17-9-15(22-13-5-3-4-6-13)14(11-21-17)18(24)19-2/h4-9,11-13H,3,10H2,1-2H3,(H,24,31)(H,25,30)(H2,26,27,28,29);4-12H,1-3H3,(H,22,28)(H,23,29)(H2,24,25,26,27);6,8-11,15H,4-5,7H2,1-3H3,(H,24,29)(H2,25,26,27,28);7-11,13H,3-6H2,1-2H3,(H,19,24)(H2,20,21,22,23). The molecule has 2 saturated carbocycles. The molecule has 12 rings (SSSR count). The Balaban J connectivity index is 0.000000173. The summed E-state index contributed by atoms with van der Waals surface area (Å²) in [6.45, 7) is 8.90. The first kappa shape index (κ1) is 83.6. The van der Waals surface area contributed by atoms with Gasteiger partial charge in [0.15, 0.2) is 0 Å².